The zero-order valence-corrected chi connectivity index (χ0v) is 17.4. The summed E-state index contributed by atoms with van der Waals surface area (Å²) in [5.74, 6) is -2.86. The average Bonchev–Trinajstić information content (AvgIpc) is 3.23. The lowest BCUT2D eigenvalue weighted by Crippen LogP contribution is -2.31. The van der Waals surface area contributed by atoms with E-state index in [1.54, 1.807) is 31.2 Å². The Bertz CT molecular complexity index is 983. The molecule has 1 aromatic carbocycles. The van der Waals surface area contributed by atoms with Gasteiger partial charge in [-0.1, -0.05) is 25.1 Å². The van der Waals surface area contributed by atoms with Gasteiger partial charge in [-0.3, -0.25) is 9.59 Å². The van der Waals surface area contributed by atoms with Crippen molar-refractivity contribution in [2.24, 2.45) is 0 Å². The molecule has 1 aliphatic rings. The number of amides is 2. The molecule has 2 aromatic rings. The van der Waals surface area contributed by atoms with Gasteiger partial charge in [0.05, 0.1) is 23.4 Å². The quantitative estimate of drug-likeness (QED) is 0.488. The van der Waals surface area contributed by atoms with Crippen molar-refractivity contribution in [2.45, 2.75) is 36.8 Å². The minimum Gasteiger partial charge on any atom is -0.545 e. The first-order valence-corrected chi connectivity index (χ1v) is 10.7. The molecule has 1 saturated heterocycles. The largest absolute Gasteiger partial charge is 0.545 e. The van der Waals surface area contributed by atoms with Crippen molar-refractivity contribution in [1.82, 2.24) is 0 Å². The first kappa shape index (κ1) is 21.1. The minimum absolute atomic E-state index is 0.0344. The van der Waals surface area contributed by atoms with Gasteiger partial charge in [-0.05, 0) is 25.5 Å². The molecule has 0 N–H and O–H groups in total. The minimum atomic E-state index is -1.35. The molecule has 0 bridgehead atoms. The molecular formula is C20H18NO6S2-. The summed E-state index contributed by atoms with van der Waals surface area (Å²) in [6.45, 7) is 3.77. The van der Waals surface area contributed by atoms with Crippen LogP contribution in [-0.4, -0.2) is 35.6 Å². The van der Waals surface area contributed by atoms with Gasteiger partial charge in [0, 0.05) is 21.8 Å². The number of carbonyl (C=O) groups excluding carboxylic acids is 4. The van der Waals surface area contributed by atoms with E-state index >= 15 is 0 Å². The number of carboxylic acids is 1. The van der Waals surface area contributed by atoms with Gasteiger partial charge in [0.25, 0.3) is 0 Å². The summed E-state index contributed by atoms with van der Waals surface area (Å²) in [4.78, 5) is 51.5. The van der Waals surface area contributed by atoms with Crippen LogP contribution in [0.2, 0.25) is 0 Å². The fourth-order valence-corrected chi connectivity index (χ4v) is 5.21. The lowest BCUT2D eigenvalue weighted by Gasteiger charge is -2.15. The van der Waals surface area contributed by atoms with Crippen molar-refractivity contribution in [3.63, 3.8) is 0 Å². The molecule has 9 heteroatoms. The van der Waals surface area contributed by atoms with Crippen molar-refractivity contribution < 1.29 is 29.0 Å². The number of nitrogens with zero attached hydrogens (tertiary/aromatic N) is 1. The van der Waals surface area contributed by atoms with E-state index in [-0.39, 0.29) is 29.2 Å². The van der Waals surface area contributed by atoms with Crippen LogP contribution in [0.4, 0.5) is 5.00 Å². The van der Waals surface area contributed by atoms with Crippen LogP contribution >= 0.6 is 23.1 Å². The molecule has 0 aliphatic carbocycles. The zero-order chi connectivity index (χ0) is 21.1. The van der Waals surface area contributed by atoms with Crippen LogP contribution in [0.5, 0.6) is 0 Å². The van der Waals surface area contributed by atoms with Gasteiger partial charge in [-0.2, -0.15) is 0 Å². The van der Waals surface area contributed by atoms with Crippen LogP contribution in [0.3, 0.4) is 0 Å². The normalized spacial score (nSPS) is 16.3. The highest BCUT2D eigenvalue weighted by atomic mass is 32.2. The molecule has 1 aromatic heterocycles. The molecule has 152 valence electrons. The van der Waals surface area contributed by atoms with Crippen LogP contribution in [0.15, 0.2) is 35.2 Å². The molecular weight excluding hydrogens is 414 g/mol. The monoisotopic (exact) mass is 432 g/mol. The van der Waals surface area contributed by atoms with Crippen LogP contribution in [0.25, 0.3) is 0 Å². The topological polar surface area (TPSA) is 104 Å². The maximum atomic E-state index is 13.0. The number of hydrogen-bond donors (Lipinski definition) is 0. The number of aryl methyl sites for hydroxylation is 1. The predicted molar refractivity (Wildman–Crippen MR) is 107 cm³/mol. The summed E-state index contributed by atoms with van der Waals surface area (Å²) in [7, 11) is 0. The Morgan fingerprint density at radius 1 is 1.24 bits per heavy atom. The van der Waals surface area contributed by atoms with Crippen molar-refractivity contribution in [3.05, 3.63) is 46.3 Å². The third kappa shape index (κ3) is 4.20. The summed E-state index contributed by atoms with van der Waals surface area (Å²) in [5, 5.41) is 10.8. The number of carbonyl (C=O) groups is 4. The maximum absolute atomic E-state index is 13.0. The van der Waals surface area contributed by atoms with E-state index in [1.165, 1.54) is 17.4 Å². The molecule has 0 saturated carbocycles. The lowest BCUT2D eigenvalue weighted by molar-refractivity contribution is -0.255. The number of ether oxygens (including phenoxy) is 1. The summed E-state index contributed by atoms with van der Waals surface area (Å²) in [5.41, 5.74) is 0.156. The number of anilines is 1. The second kappa shape index (κ2) is 8.79. The van der Waals surface area contributed by atoms with E-state index in [0.29, 0.717) is 11.3 Å². The van der Waals surface area contributed by atoms with Gasteiger partial charge in [0.15, 0.2) is 0 Å². The maximum Gasteiger partial charge on any atom is 0.341 e. The highest BCUT2D eigenvalue weighted by molar-refractivity contribution is 8.00. The Balaban J connectivity index is 1.91. The molecule has 0 unspecified atom stereocenters. The number of esters is 1. The van der Waals surface area contributed by atoms with Crippen LogP contribution in [0.1, 0.15) is 45.9 Å². The van der Waals surface area contributed by atoms with Gasteiger partial charge in [-0.15, -0.1) is 23.1 Å². The highest BCUT2D eigenvalue weighted by Gasteiger charge is 2.43. The summed E-state index contributed by atoms with van der Waals surface area (Å²) < 4.78 is 5.06. The first-order valence-electron chi connectivity index (χ1n) is 9.01. The van der Waals surface area contributed by atoms with Gasteiger partial charge in [-0.25, -0.2) is 9.69 Å². The summed E-state index contributed by atoms with van der Waals surface area (Å²) in [6.07, 6.45) is 0.553. The number of aromatic carboxylic acids is 1. The number of imide groups is 1. The summed E-state index contributed by atoms with van der Waals surface area (Å²) >= 11 is 2.21. The number of benzene rings is 1. The molecule has 2 amide bonds. The number of rotatable bonds is 7. The SMILES string of the molecule is CCOC(=O)c1cc(CC)sc1N1C(=O)C[C@@H](Sc2ccccc2C(=O)[O-])C1=O. The number of thioether (sulfide) groups is 1. The molecule has 2 heterocycles. The molecule has 29 heavy (non-hydrogen) atoms. The van der Waals surface area contributed by atoms with E-state index in [9.17, 15) is 24.3 Å². The van der Waals surface area contributed by atoms with Crippen molar-refractivity contribution in [1.29, 1.82) is 0 Å². The van der Waals surface area contributed by atoms with Gasteiger partial charge < -0.3 is 14.6 Å². The number of hydrogen-bond acceptors (Lipinski definition) is 8. The van der Waals surface area contributed by atoms with Gasteiger partial charge in [0.2, 0.25) is 11.8 Å². The number of carboxylic acid groups (broad SMARTS) is 1. The number of thiophene rings is 1. The van der Waals surface area contributed by atoms with Crippen molar-refractivity contribution in [2.75, 3.05) is 11.5 Å². The molecule has 0 spiro atoms. The molecule has 1 fully saturated rings. The molecule has 1 aliphatic heterocycles. The predicted octanol–water partition coefficient (Wildman–Crippen LogP) is 2.27. The molecule has 3 rings (SSSR count). The van der Waals surface area contributed by atoms with Crippen LogP contribution in [0, 0.1) is 0 Å². The fourth-order valence-electron chi connectivity index (χ4n) is 2.93. The lowest BCUT2D eigenvalue weighted by atomic mass is 10.2. The Hall–Kier alpha value is -2.65. The molecule has 0 radical (unpaired) electrons. The van der Waals surface area contributed by atoms with Crippen LogP contribution in [-0.2, 0) is 20.7 Å². The molecule has 7 nitrogen and oxygen atoms in total. The third-order valence-corrected chi connectivity index (χ3v) is 6.82. The van der Waals surface area contributed by atoms with Gasteiger partial charge in [0.1, 0.15) is 5.00 Å². The summed E-state index contributed by atoms with van der Waals surface area (Å²) in [6, 6.07) is 7.82. The van der Waals surface area contributed by atoms with Crippen molar-refractivity contribution >= 4 is 51.9 Å². The zero-order valence-electron chi connectivity index (χ0n) is 15.8. The van der Waals surface area contributed by atoms with Crippen molar-refractivity contribution in [3.8, 4) is 0 Å². The van der Waals surface area contributed by atoms with E-state index in [2.05, 4.69) is 0 Å². The Labute approximate surface area is 175 Å². The Morgan fingerprint density at radius 2 is 1.97 bits per heavy atom. The Kier molecular flexibility index (Phi) is 6.39. The highest BCUT2D eigenvalue weighted by Crippen LogP contribution is 2.40. The third-order valence-electron chi connectivity index (χ3n) is 4.29. The van der Waals surface area contributed by atoms with E-state index in [0.717, 1.165) is 21.5 Å². The fraction of sp³-hybridized carbons (Fsp3) is 0.300. The van der Waals surface area contributed by atoms with E-state index < -0.39 is 29.0 Å². The molecule has 1 atom stereocenters. The average molecular weight is 432 g/mol. The second-order valence-corrected chi connectivity index (χ2v) is 8.53. The first-order chi connectivity index (χ1) is 13.9. The standard InChI is InChI=1S/C20H19NO6S2/c1-3-11-9-13(20(26)27-4-2)18(28-11)21-16(22)10-15(17(21)23)29-14-8-6-5-7-12(14)19(24)25/h5-9,15H,3-4,10H2,1-2H3,(H,24,25)/p-1/t15-/m1/s1. The van der Waals surface area contributed by atoms with Gasteiger partial charge >= 0.3 is 5.97 Å². The van der Waals surface area contributed by atoms with Crippen LogP contribution < -0.4 is 10.0 Å². The smallest absolute Gasteiger partial charge is 0.341 e. The van der Waals surface area contributed by atoms with E-state index in [1.807, 2.05) is 6.92 Å². The second-order valence-electron chi connectivity index (χ2n) is 6.17. The van der Waals surface area contributed by atoms with E-state index in [4.69, 9.17) is 4.74 Å². The Morgan fingerprint density at radius 3 is 2.62 bits per heavy atom.